The van der Waals surface area contributed by atoms with E-state index in [2.05, 4.69) is 21.6 Å². The number of methoxy groups -OCH3 is 1. The molecule has 0 amide bonds. The van der Waals surface area contributed by atoms with Gasteiger partial charge >= 0.3 is 0 Å². The summed E-state index contributed by atoms with van der Waals surface area (Å²) in [4.78, 5) is 11.4. The molecule has 0 saturated carbocycles. The molecule has 1 aliphatic heterocycles. The Balaban J connectivity index is 1.87. The van der Waals surface area contributed by atoms with E-state index in [9.17, 15) is 0 Å². The molecule has 0 saturated heterocycles. The molecule has 7 heteroatoms. The summed E-state index contributed by atoms with van der Waals surface area (Å²) in [5.74, 6) is 0.578. The molecule has 0 radical (unpaired) electrons. The number of rotatable bonds is 6. The predicted molar refractivity (Wildman–Crippen MR) is 110 cm³/mol. The van der Waals surface area contributed by atoms with Crippen LogP contribution in [0.1, 0.15) is 19.4 Å². The minimum atomic E-state index is 0.578. The summed E-state index contributed by atoms with van der Waals surface area (Å²) in [6.45, 7) is 8.18. The van der Waals surface area contributed by atoms with Crippen LogP contribution in [0.4, 0.5) is 0 Å². The van der Waals surface area contributed by atoms with Crippen LogP contribution in [-0.2, 0) is 0 Å². The SMILES string of the molecule is C=N/C(C)=C(/c1coc(Sc2ccc(OC)nc2)c1)N1C=C(C)C=C(Cl)C1. The zero-order chi connectivity index (χ0) is 19.4. The fourth-order valence-corrected chi connectivity index (χ4v) is 3.80. The molecule has 0 atom stereocenters. The van der Waals surface area contributed by atoms with Crippen molar-refractivity contribution < 1.29 is 9.15 Å². The number of halogens is 1. The Morgan fingerprint density at radius 2 is 2.26 bits per heavy atom. The normalized spacial score (nSPS) is 15.0. The second kappa shape index (κ2) is 8.50. The fourth-order valence-electron chi connectivity index (χ4n) is 2.74. The van der Waals surface area contributed by atoms with Crippen molar-refractivity contribution in [1.29, 1.82) is 0 Å². The first kappa shape index (κ1) is 19.3. The Kier molecular flexibility index (Phi) is 6.08. The van der Waals surface area contributed by atoms with E-state index in [1.165, 1.54) is 11.8 Å². The van der Waals surface area contributed by atoms with Crippen molar-refractivity contribution in [2.75, 3.05) is 13.7 Å². The lowest BCUT2D eigenvalue weighted by molar-refractivity contribution is 0.397. The van der Waals surface area contributed by atoms with E-state index in [1.54, 1.807) is 19.6 Å². The first-order valence-corrected chi connectivity index (χ1v) is 9.45. The van der Waals surface area contributed by atoms with Crippen LogP contribution >= 0.6 is 23.4 Å². The van der Waals surface area contributed by atoms with Gasteiger partial charge < -0.3 is 14.1 Å². The molecule has 0 unspecified atom stereocenters. The molecule has 3 rings (SSSR count). The Morgan fingerprint density at radius 3 is 2.89 bits per heavy atom. The average molecular weight is 402 g/mol. The highest BCUT2D eigenvalue weighted by Crippen LogP contribution is 2.35. The Labute approximate surface area is 168 Å². The summed E-state index contributed by atoms with van der Waals surface area (Å²) in [7, 11) is 1.59. The largest absolute Gasteiger partial charge is 0.481 e. The minimum absolute atomic E-state index is 0.578. The lowest BCUT2D eigenvalue weighted by Gasteiger charge is -2.27. The third-order valence-electron chi connectivity index (χ3n) is 3.92. The van der Waals surface area contributed by atoms with Crippen LogP contribution in [0.2, 0.25) is 0 Å². The van der Waals surface area contributed by atoms with Gasteiger partial charge in [0.25, 0.3) is 0 Å². The first-order valence-electron chi connectivity index (χ1n) is 8.25. The van der Waals surface area contributed by atoms with Crippen molar-refractivity contribution in [2.45, 2.75) is 23.8 Å². The zero-order valence-corrected chi connectivity index (χ0v) is 17.0. The van der Waals surface area contributed by atoms with Crippen LogP contribution in [0.15, 0.2) is 78.6 Å². The predicted octanol–water partition coefficient (Wildman–Crippen LogP) is 5.57. The lowest BCUT2D eigenvalue weighted by atomic mass is 10.1. The van der Waals surface area contributed by atoms with E-state index in [4.69, 9.17) is 20.8 Å². The maximum atomic E-state index is 6.29. The van der Waals surface area contributed by atoms with Gasteiger partial charge in [-0.25, -0.2) is 4.98 Å². The van der Waals surface area contributed by atoms with Crippen LogP contribution < -0.4 is 4.74 Å². The van der Waals surface area contributed by atoms with Crippen LogP contribution in [0.25, 0.3) is 5.70 Å². The highest BCUT2D eigenvalue weighted by atomic mass is 35.5. The standard InChI is InChI=1S/C20H20ClN3O2S/c1-13-7-16(21)11-24(10-13)20(14(2)22-3)15-8-19(26-12-15)27-17-5-6-18(25-4)23-9-17/h5-10,12H,3,11H2,1-2,4H3/b20-14-. The quantitative estimate of drug-likeness (QED) is 0.592. The van der Waals surface area contributed by atoms with Crippen LogP contribution in [0.5, 0.6) is 5.88 Å². The molecule has 3 heterocycles. The van der Waals surface area contributed by atoms with E-state index in [0.717, 1.165) is 37.6 Å². The molecule has 0 aromatic carbocycles. The highest BCUT2D eigenvalue weighted by molar-refractivity contribution is 7.99. The van der Waals surface area contributed by atoms with E-state index >= 15 is 0 Å². The molecule has 0 aliphatic carbocycles. The van der Waals surface area contributed by atoms with Gasteiger partial charge in [-0.3, -0.25) is 4.99 Å². The summed E-state index contributed by atoms with van der Waals surface area (Å²) < 4.78 is 10.8. The fraction of sp³-hybridized carbons (Fsp3) is 0.200. The van der Waals surface area contributed by atoms with Gasteiger partial charge in [0, 0.05) is 40.0 Å². The van der Waals surface area contributed by atoms with Crippen LogP contribution in [0.3, 0.4) is 0 Å². The van der Waals surface area contributed by atoms with E-state index < -0.39 is 0 Å². The molecular weight excluding hydrogens is 382 g/mol. The molecule has 0 spiro atoms. The number of allylic oxidation sites excluding steroid dienone is 3. The first-order chi connectivity index (χ1) is 13.0. The van der Waals surface area contributed by atoms with Crippen molar-refractivity contribution >= 4 is 35.8 Å². The second-order valence-corrected chi connectivity index (χ2v) is 7.54. The molecule has 0 N–H and O–H groups in total. The van der Waals surface area contributed by atoms with Crippen molar-refractivity contribution in [3.8, 4) is 5.88 Å². The molecule has 5 nitrogen and oxygen atoms in total. The van der Waals surface area contributed by atoms with Crippen molar-refractivity contribution in [1.82, 2.24) is 9.88 Å². The number of ether oxygens (including phenoxy) is 1. The third-order valence-corrected chi connectivity index (χ3v) is 5.04. The van der Waals surface area contributed by atoms with Crippen molar-refractivity contribution in [2.24, 2.45) is 4.99 Å². The molecule has 27 heavy (non-hydrogen) atoms. The van der Waals surface area contributed by atoms with Gasteiger partial charge in [0.1, 0.15) is 6.26 Å². The number of furan rings is 1. The number of hydrogen-bond acceptors (Lipinski definition) is 6. The highest BCUT2D eigenvalue weighted by Gasteiger charge is 2.19. The van der Waals surface area contributed by atoms with E-state index in [0.29, 0.717) is 12.4 Å². The molecular formula is C20H20ClN3O2S. The molecule has 140 valence electrons. The van der Waals surface area contributed by atoms with E-state index in [1.807, 2.05) is 44.3 Å². The van der Waals surface area contributed by atoms with Gasteiger partial charge in [0.15, 0.2) is 5.09 Å². The third kappa shape index (κ3) is 4.64. The van der Waals surface area contributed by atoms with Crippen LogP contribution in [0, 0.1) is 0 Å². The summed E-state index contributed by atoms with van der Waals surface area (Å²) in [5, 5.41) is 1.53. The summed E-state index contributed by atoms with van der Waals surface area (Å²) >= 11 is 7.78. The molecule has 0 bridgehead atoms. The Bertz CT molecular complexity index is 929. The Hall–Kier alpha value is -2.44. The monoisotopic (exact) mass is 401 g/mol. The van der Waals surface area contributed by atoms with E-state index in [-0.39, 0.29) is 0 Å². The maximum absolute atomic E-state index is 6.29. The molecule has 2 aromatic heterocycles. The van der Waals surface area contributed by atoms with Gasteiger partial charge in [-0.15, -0.1) is 0 Å². The number of aliphatic imine (C=N–C) groups is 1. The van der Waals surface area contributed by atoms with Gasteiger partial charge in [-0.05, 0) is 38.3 Å². The number of aromatic nitrogens is 1. The average Bonchev–Trinajstić information content (AvgIpc) is 3.09. The number of pyridine rings is 1. The summed E-state index contributed by atoms with van der Waals surface area (Å²) in [6, 6.07) is 5.74. The summed E-state index contributed by atoms with van der Waals surface area (Å²) in [6.07, 6.45) is 7.47. The van der Waals surface area contributed by atoms with Crippen LogP contribution in [-0.4, -0.2) is 30.3 Å². The van der Waals surface area contributed by atoms with Crippen molar-refractivity contribution in [3.63, 3.8) is 0 Å². The van der Waals surface area contributed by atoms with Gasteiger partial charge in [0.05, 0.1) is 25.0 Å². The second-order valence-electron chi connectivity index (χ2n) is 5.98. The topological polar surface area (TPSA) is 50.9 Å². The summed E-state index contributed by atoms with van der Waals surface area (Å²) in [5.41, 5.74) is 3.70. The number of nitrogens with zero attached hydrogens (tertiary/aromatic N) is 3. The molecule has 2 aromatic rings. The van der Waals surface area contributed by atoms with Gasteiger partial charge in [0.2, 0.25) is 5.88 Å². The van der Waals surface area contributed by atoms with Crippen molar-refractivity contribution in [3.05, 3.63) is 64.8 Å². The zero-order valence-electron chi connectivity index (χ0n) is 15.4. The lowest BCUT2D eigenvalue weighted by Crippen LogP contribution is -2.21. The van der Waals surface area contributed by atoms with Gasteiger partial charge in [-0.2, -0.15) is 0 Å². The van der Waals surface area contributed by atoms with Gasteiger partial charge in [-0.1, -0.05) is 23.4 Å². The Morgan fingerprint density at radius 1 is 1.44 bits per heavy atom. The minimum Gasteiger partial charge on any atom is -0.481 e. The molecule has 1 aliphatic rings. The maximum Gasteiger partial charge on any atom is 0.212 e. The molecule has 0 fully saturated rings. The number of hydrogen-bond donors (Lipinski definition) is 0. The smallest absolute Gasteiger partial charge is 0.212 e.